The van der Waals surface area contributed by atoms with Gasteiger partial charge < -0.3 is 14.8 Å². The fourth-order valence-corrected chi connectivity index (χ4v) is 3.71. The van der Waals surface area contributed by atoms with E-state index in [1.807, 2.05) is 67.8 Å². The minimum absolute atomic E-state index is 0.127. The molecule has 0 aliphatic heterocycles. The van der Waals surface area contributed by atoms with Crippen LogP contribution >= 0.6 is 11.3 Å². The molecule has 0 saturated carbocycles. The number of hydrogen-bond acceptors (Lipinski definition) is 5. The minimum Gasteiger partial charge on any atom is -0.496 e. The summed E-state index contributed by atoms with van der Waals surface area (Å²) in [5.74, 6) is 1.31. The molecule has 0 fully saturated rings. The first-order valence-electron chi connectivity index (χ1n) is 9.85. The van der Waals surface area contributed by atoms with Crippen molar-refractivity contribution < 1.29 is 14.3 Å². The van der Waals surface area contributed by atoms with Gasteiger partial charge in [0, 0.05) is 22.6 Å². The molecule has 1 atom stereocenters. The van der Waals surface area contributed by atoms with Crippen LogP contribution in [0.3, 0.4) is 0 Å². The average Bonchev–Trinajstić information content (AvgIpc) is 3.20. The lowest BCUT2D eigenvalue weighted by molar-refractivity contribution is -0.117. The molecule has 0 radical (unpaired) electrons. The molecule has 1 amide bonds. The van der Waals surface area contributed by atoms with Crippen LogP contribution in [0.2, 0.25) is 0 Å². The van der Waals surface area contributed by atoms with Gasteiger partial charge in [-0.3, -0.25) is 4.79 Å². The van der Waals surface area contributed by atoms with Crippen molar-refractivity contribution in [1.82, 2.24) is 10.3 Å². The predicted octanol–water partition coefficient (Wildman–Crippen LogP) is 5.32. The Hall–Kier alpha value is -3.12. The number of methoxy groups -OCH3 is 1. The lowest BCUT2D eigenvalue weighted by Gasteiger charge is -2.19. The molecule has 1 heterocycles. The van der Waals surface area contributed by atoms with Gasteiger partial charge in [0.25, 0.3) is 0 Å². The number of rotatable bonds is 9. The van der Waals surface area contributed by atoms with Gasteiger partial charge in [-0.25, -0.2) is 4.98 Å². The van der Waals surface area contributed by atoms with Crippen molar-refractivity contribution >= 4 is 23.3 Å². The van der Waals surface area contributed by atoms with Crippen LogP contribution in [0.4, 0.5) is 0 Å². The van der Waals surface area contributed by atoms with Gasteiger partial charge in [0.1, 0.15) is 18.1 Å². The number of hydrogen-bond donors (Lipinski definition) is 1. The zero-order valence-electron chi connectivity index (χ0n) is 17.4. The SMILES string of the molecule is CCC(NC(=O)/C=C/c1ccccc1OCc1csc(C)n1)c1ccccc1OC. The van der Waals surface area contributed by atoms with E-state index in [0.717, 1.165) is 34.0 Å². The summed E-state index contributed by atoms with van der Waals surface area (Å²) in [5, 5.41) is 6.06. The molecule has 156 valence electrons. The smallest absolute Gasteiger partial charge is 0.244 e. The van der Waals surface area contributed by atoms with E-state index in [-0.39, 0.29) is 11.9 Å². The van der Waals surface area contributed by atoms with E-state index in [1.54, 1.807) is 24.5 Å². The third kappa shape index (κ3) is 5.70. The Balaban J connectivity index is 1.67. The van der Waals surface area contributed by atoms with E-state index in [9.17, 15) is 4.79 Å². The number of ether oxygens (including phenoxy) is 2. The molecule has 0 bridgehead atoms. The number of amides is 1. The molecular weight excluding hydrogens is 396 g/mol. The number of benzene rings is 2. The minimum atomic E-state index is -0.169. The van der Waals surface area contributed by atoms with Gasteiger partial charge in [-0.05, 0) is 31.6 Å². The van der Waals surface area contributed by atoms with Crippen molar-refractivity contribution in [2.24, 2.45) is 0 Å². The standard InChI is InChI=1S/C24H26N2O3S/c1-4-21(20-10-6-8-12-23(20)28-3)26-24(27)14-13-18-9-5-7-11-22(18)29-15-19-16-30-17(2)25-19/h5-14,16,21H,4,15H2,1-3H3,(H,26,27)/b14-13+. The first kappa shape index (κ1) is 21.6. The topological polar surface area (TPSA) is 60.5 Å². The lowest BCUT2D eigenvalue weighted by atomic mass is 10.0. The quantitative estimate of drug-likeness (QED) is 0.474. The zero-order chi connectivity index (χ0) is 21.3. The largest absolute Gasteiger partial charge is 0.496 e. The maximum Gasteiger partial charge on any atom is 0.244 e. The number of aryl methyl sites for hydroxylation is 1. The highest BCUT2D eigenvalue weighted by Crippen LogP contribution is 2.27. The summed E-state index contributed by atoms with van der Waals surface area (Å²) < 4.78 is 11.3. The highest BCUT2D eigenvalue weighted by Gasteiger charge is 2.15. The van der Waals surface area contributed by atoms with Gasteiger partial charge >= 0.3 is 0 Å². The van der Waals surface area contributed by atoms with E-state index in [1.165, 1.54) is 6.08 Å². The molecule has 0 saturated heterocycles. The van der Waals surface area contributed by atoms with Crippen LogP contribution in [-0.2, 0) is 11.4 Å². The summed E-state index contributed by atoms with van der Waals surface area (Å²) in [6, 6.07) is 15.2. The Bertz CT molecular complexity index is 1010. The highest BCUT2D eigenvalue weighted by atomic mass is 32.1. The van der Waals surface area contributed by atoms with Crippen LogP contribution in [0.15, 0.2) is 60.0 Å². The van der Waals surface area contributed by atoms with Crippen LogP contribution in [0, 0.1) is 6.92 Å². The van der Waals surface area contributed by atoms with Crippen LogP contribution < -0.4 is 14.8 Å². The van der Waals surface area contributed by atoms with Gasteiger partial charge in [-0.1, -0.05) is 43.3 Å². The molecule has 0 spiro atoms. The zero-order valence-corrected chi connectivity index (χ0v) is 18.2. The molecule has 1 N–H and O–H groups in total. The average molecular weight is 423 g/mol. The van der Waals surface area contributed by atoms with Gasteiger partial charge in [0.2, 0.25) is 5.91 Å². The van der Waals surface area contributed by atoms with Crippen molar-refractivity contribution in [3.8, 4) is 11.5 Å². The first-order chi connectivity index (χ1) is 14.6. The molecule has 0 aliphatic rings. The van der Waals surface area contributed by atoms with Crippen LogP contribution in [0.25, 0.3) is 6.08 Å². The molecule has 1 unspecified atom stereocenters. The van der Waals surface area contributed by atoms with E-state index in [0.29, 0.717) is 12.4 Å². The predicted molar refractivity (Wildman–Crippen MR) is 121 cm³/mol. The second-order valence-electron chi connectivity index (χ2n) is 6.73. The Morgan fingerprint density at radius 2 is 1.90 bits per heavy atom. The number of carbonyl (C=O) groups excluding carboxylic acids is 1. The second kappa shape index (κ2) is 10.6. The fraction of sp³-hybridized carbons (Fsp3) is 0.250. The number of thiazole rings is 1. The summed E-state index contributed by atoms with van der Waals surface area (Å²) in [4.78, 5) is 17.0. The Labute approximate surface area is 181 Å². The van der Waals surface area contributed by atoms with E-state index < -0.39 is 0 Å². The van der Waals surface area contributed by atoms with Crippen molar-refractivity contribution in [1.29, 1.82) is 0 Å². The summed E-state index contributed by atoms with van der Waals surface area (Å²) in [5.41, 5.74) is 2.70. The number of aromatic nitrogens is 1. The van der Waals surface area contributed by atoms with E-state index >= 15 is 0 Å². The molecular formula is C24H26N2O3S. The molecule has 6 heteroatoms. The first-order valence-corrected chi connectivity index (χ1v) is 10.7. The second-order valence-corrected chi connectivity index (χ2v) is 7.79. The van der Waals surface area contributed by atoms with Crippen LogP contribution in [0.5, 0.6) is 11.5 Å². The molecule has 3 rings (SSSR count). The summed E-state index contributed by atoms with van der Waals surface area (Å²) in [6.45, 7) is 4.40. The van der Waals surface area contributed by atoms with Gasteiger partial charge in [0.05, 0.1) is 23.9 Å². The van der Waals surface area contributed by atoms with Crippen molar-refractivity contribution in [2.75, 3.05) is 7.11 Å². The molecule has 2 aromatic carbocycles. The summed E-state index contributed by atoms with van der Waals surface area (Å²) in [7, 11) is 1.64. The lowest BCUT2D eigenvalue weighted by Crippen LogP contribution is -2.26. The number of nitrogens with zero attached hydrogens (tertiary/aromatic N) is 1. The Morgan fingerprint density at radius 1 is 1.17 bits per heavy atom. The van der Waals surface area contributed by atoms with Gasteiger partial charge in [0.15, 0.2) is 0 Å². The monoisotopic (exact) mass is 422 g/mol. The van der Waals surface area contributed by atoms with Crippen LogP contribution in [0.1, 0.15) is 41.2 Å². The molecule has 0 aliphatic carbocycles. The van der Waals surface area contributed by atoms with E-state index in [2.05, 4.69) is 10.3 Å². The Kier molecular flexibility index (Phi) is 7.63. The number of para-hydroxylation sites is 2. The van der Waals surface area contributed by atoms with Gasteiger partial charge in [-0.2, -0.15) is 0 Å². The maximum absolute atomic E-state index is 12.6. The highest BCUT2D eigenvalue weighted by molar-refractivity contribution is 7.09. The fourth-order valence-electron chi connectivity index (χ4n) is 3.12. The third-order valence-corrected chi connectivity index (χ3v) is 5.44. The Morgan fingerprint density at radius 3 is 2.60 bits per heavy atom. The van der Waals surface area contributed by atoms with Gasteiger partial charge in [-0.15, -0.1) is 11.3 Å². The molecule has 30 heavy (non-hydrogen) atoms. The summed E-state index contributed by atoms with van der Waals surface area (Å²) in [6.07, 6.45) is 4.06. The maximum atomic E-state index is 12.6. The van der Waals surface area contributed by atoms with Crippen molar-refractivity contribution in [3.63, 3.8) is 0 Å². The van der Waals surface area contributed by atoms with Crippen LogP contribution in [-0.4, -0.2) is 18.0 Å². The number of nitrogens with one attached hydrogen (secondary N) is 1. The van der Waals surface area contributed by atoms with Crippen molar-refractivity contribution in [3.05, 3.63) is 81.8 Å². The summed E-state index contributed by atoms with van der Waals surface area (Å²) >= 11 is 1.60. The molecule has 3 aromatic rings. The normalized spacial score (nSPS) is 12.0. The van der Waals surface area contributed by atoms with Crippen molar-refractivity contribution in [2.45, 2.75) is 32.9 Å². The number of carbonyl (C=O) groups is 1. The molecule has 1 aromatic heterocycles. The molecule has 5 nitrogen and oxygen atoms in total. The third-order valence-electron chi connectivity index (χ3n) is 4.61. The van der Waals surface area contributed by atoms with E-state index in [4.69, 9.17) is 9.47 Å².